The molecule has 1 N–H and O–H groups in total. The van der Waals surface area contributed by atoms with Gasteiger partial charge in [-0.2, -0.15) is 4.98 Å². The molecule has 0 radical (unpaired) electrons. The normalized spacial score (nSPS) is 15.0. The summed E-state index contributed by atoms with van der Waals surface area (Å²) in [5, 5.41) is 4.77. The fraction of sp³-hybridized carbons (Fsp3) is 0.286. The molecule has 0 atom stereocenters. The van der Waals surface area contributed by atoms with Gasteiger partial charge in [0.25, 0.3) is 5.89 Å². The second-order valence-electron chi connectivity index (χ2n) is 7.04. The van der Waals surface area contributed by atoms with Crippen molar-refractivity contribution in [3.63, 3.8) is 0 Å². The van der Waals surface area contributed by atoms with E-state index in [9.17, 15) is 4.79 Å². The highest BCUT2D eigenvalue weighted by molar-refractivity contribution is 6.30. The third-order valence-electron chi connectivity index (χ3n) is 5.08. The maximum atomic E-state index is 11.4. The van der Waals surface area contributed by atoms with E-state index in [1.54, 1.807) is 6.92 Å². The second-order valence-corrected chi connectivity index (χ2v) is 7.47. The van der Waals surface area contributed by atoms with Gasteiger partial charge in [0.1, 0.15) is 0 Å². The highest BCUT2D eigenvalue weighted by atomic mass is 35.5. The zero-order valence-corrected chi connectivity index (χ0v) is 16.4. The summed E-state index contributed by atoms with van der Waals surface area (Å²) in [7, 11) is 0. The van der Waals surface area contributed by atoms with Gasteiger partial charge in [-0.15, -0.1) is 0 Å². The van der Waals surface area contributed by atoms with Crippen LogP contribution in [0.3, 0.4) is 0 Å². The van der Waals surface area contributed by atoms with Gasteiger partial charge < -0.3 is 14.3 Å². The molecule has 1 aliphatic rings. The number of rotatable bonds is 5. The highest BCUT2D eigenvalue weighted by Crippen LogP contribution is 2.19. The SMILES string of the molecule is CC(=O)c1ccc(N2CC[NH+](Cc3nc(-c4ccc(Cl)cc4)no3)CC2)cc1. The molecule has 6 nitrogen and oxygen atoms in total. The number of nitrogens with zero attached hydrogens (tertiary/aromatic N) is 3. The van der Waals surface area contributed by atoms with Gasteiger partial charge in [0.15, 0.2) is 12.3 Å². The smallest absolute Gasteiger partial charge is 0.282 e. The average Bonchev–Trinajstić information content (AvgIpc) is 3.18. The Morgan fingerprint density at radius 1 is 1.11 bits per heavy atom. The number of anilines is 1. The first kappa shape index (κ1) is 18.7. The van der Waals surface area contributed by atoms with Crippen LogP contribution in [0.5, 0.6) is 0 Å². The first-order valence-electron chi connectivity index (χ1n) is 9.36. The van der Waals surface area contributed by atoms with Crippen molar-refractivity contribution in [2.45, 2.75) is 13.5 Å². The summed E-state index contributed by atoms with van der Waals surface area (Å²) >= 11 is 5.92. The van der Waals surface area contributed by atoms with E-state index >= 15 is 0 Å². The molecular weight excluding hydrogens is 376 g/mol. The molecule has 2 aromatic carbocycles. The number of Topliss-reactive ketones (excluding diaryl/α,β-unsaturated/α-hetero) is 1. The number of aromatic nitrogens is 2. The van der Waals surface area contributed by atoms with E-state index in [4.69, 9.17) is 16.1 Å². The van der Waals surface area contributed by atoms with Crippen LogP contribution in [-0.2, 0) is 6.54 Å². The van der Waals surface area contributed by atoms with Crippen LogP contribution in [-0.4, -0.2) is 42.1 Å². The Morgan fingerprint density at radius 3 is 2.43 bits per heavy atom. The van der Waals surface area contributed by atoms with E-state index in [1.165, 1.54) is 4.90 Å². The molecule has 0 bridgehead atoms. The summed E-state index contributed by atoms with van der Waals surface area (Å²) in [6, 6.07) is 15.3. The first-order chi connectivity index (χ1) is 13.6. The predicted molar refractivity (Wildman–Crippen MR) is 108 cm³/mol. The fourth-order valence-corrected chi connectivity index (χ4v) is 3.55. The molecule has 1 aliphatic heterocycles. The minimum absolute atomic E-state index is 0.0957. The number of hydrogen-bond acceptors (Lipinski definition) is 5. The number of benzene rings is 2. The Morgan fingerprint density at radius 2 is 1.79 bits per heavy atom. The second kappa shape index (κ2) is 8.12. The molecule has 1 aromatic heterocycles. The topological polar surface area (TPSA) is 63.7 Å². The standard InChI is InChI=1S/C21H21ClN4O2/c1-15(27)16-4-8-19(9-5-16)26-12-10-25(11-13-26)14-20-23-21(24-28-20)17-2-6-18(22)7-3-17/h2-9H,10-14H2,1H3/p+1. The molecule has 28 heavy (non-hydrogen) atoms. The van der Waals surface area contributed by atoms with Crippen molar-refractivity contribution >= 4 is 23.1 Å². The summed E-state index contributed by atoms with van der Waals surface area (Å²) in [5.41, 5.74) is 2.81. The molecule has 0 saturated carbocycles. The quantitative estimate of drug-likeness (QED) is 0.670. The van der Waals surface area contributed by atoms with Crippen molar-refractivity contribution < 1.29 is 14.2 Å². The van der Waals surface area contributed by atoms with E-state index in [-0.39, 0.29) is 5.78 Å². The van der Waals surface area contributed by atoms with Crippen LogP contribution in [0.15, 0.2) is 53.1 Å². The van der Waals surface area contributed by atoms with Crippen LogP contribution in [0.1, 0.15) is 23.2 Å². The number of carbonyl (C=O) groups excluding carboxylic acids is 1. The number of piperazine rings is 1. The number of quaternary nitrogens is 1. The van der Waals surface area contributed by atoms with Gasteiger partial charge in [0, 0.05) is 21.8 Å². The summed E-state index contributed by atoms with van der Waals surface area (Å²) in [6.07, 6.45) is 0. The third-order valence-corrected chi connectivity index (χ3v) is 5.33. The lowest BCUT2D eigenvalue weighted by atomic mass is 10.1. The van der Waals surface area contributed by atoms with Crippen LogP contribution in [0.2, 0.25) is 5.02 Å². The van der Waals surface area contributed by atoms with Crippen molar-refractivity contribution in [1.29, 1.82) is 0 Å². The zero-order valence-electron chi connectivity index (χ0n) is 15.7. The van der Waals surface area contributed by atoms with Crippen molar-refractivity contribution in [3.05, 3.63) is 65.0 Å². The third kappa shape index (κ3) is 4.24. The predicted octanol–water partition coefficient (Wildman–Crippen LogP) is 2.50. The van der Waals surface area contributed by atoms with Crippen molar-refractivity contribution in [3.8, 4) is 11.4 Å². The summed E-state index contributed by atoms with van der Waals surface area (Å²) < 4.78 is 5.44. The lowest BCUT2D eigenvalue weighted by Gasteiger charge is -2.33. The Hall–Kier alpha value is -2.70. The Balaban J connectivity index is 1.33. The Labute approximate surface area is 168 Å². The number of hydrogen-bond donors (Lipinski definition) is 1. The molecule has 3 aromatic rings. The van der Waals surface area contributed by atoms with Crippen LogP contribution in [0.25, 0.3) is 11.4 Å². The number of halogens is 1. The zero-order chi connectivity index (χ0) is 19.5. The molecule has 1 fully saturated rings. The lowest BCUT2D eigenvalue weighted by Crippen LogP contribution is -3.13. The summed E-state index contributed by atoms with van der Waals surface area (Å²) in [6.45, 7) is 6.20. The first-order valence-corrected chi connectivity index (χ1v) is 9.74. The largest absolute Gasteiger partial charge is 0.360 e. The molecule has 0 amide bonds. The number of carbonyl (C=O) groups is 1. The van der Waals surface area contributed by atoms with Gasteiger partial charge in [-0.1, -0.05) is 16.8 Å². The van der Waals surface area contributed by atoms with E-state index in [1.807, 2.05) is 48.5 Å². The van der Waals surface area contributed by atoms with E-state index in [0.29, 0.717) is 16.7 Å². The van der Waals surface area contributed by atoms with Crippen molar-refractivity contribution in [2.75, 3.05) is 31.1 Å². The molecule has 1 saturated heterocycles. The van der Waals surface area contributed by atoms with Gasteiger partial charge in [0.05, 0.1) is 26.2 Å². The lowest BCUT2D eigenvalue weighted by molar-refractivity contribution is -0.915. The fourth-order valence-electron chi connectivity index (χ4n) is 3.42. The number of ketones is 1. The van der Waals surface area contributed by atoms with E-state index in [2.05, 4.69) is 15.0 Å². The van der Waals surface area contributed by atoms with Crippen LogP contribution in [0, 0.1) is 0 Å². The maximum absolute atomic E-state index is 11.4. The van der Waals surface area contributed by atoms with Crippen LogP contribution >= 0.6 is 11.6 Å². The van der Waals surface area contributed by atoms with E-state index < -0.39 is 0 Å². The van der Waals surface area contributed by atoms with Gasteiger partial charge in [0.2, 0.25) is 5.82 Å². The molecule has 7 heteroatoms. The molecule has 0 spiro atoms. The van der Waals surface area contributed by atoms with Crippen LogP contribution < -0.4 is 9.80 Å². The Kier molecular flexibility index (Phi) is 5.41. The van der Waals surface area contributed by atoms with Crippen LogP contribution in [0.4, 0.5) is 5.69 Å². The molecule has 2 heterocycles. The minimum Gasteiger partial charge on any atom is -0.360 e. The Bertz CT molecular complexity index is 945. The van der Waals surface area contributed by atoms with E-state index in [0.717, 1.165) is 49.5 Å². The van der Waals surface area contributed by atoms with Crippen molar-refractivity contribution in [2.24, 2.45) is 0 Å². The molecule has 0 aliphatic carbocycles. The average molecular weight is 398 g/mol. The maximum Gasteiger partial charge on any atom is 0.282 e. The van der Waals surface area contributed by atoms with Gasteiger partial charge in [-0.3, -0.25) is 4.79 Å². The molecular formula is C21H22ClN4O2+. The van der Waals surface area contributed by atoms with Gasteiger partial charge >= 0.3 is 0 Å². The van der Waals surface area contributed by atoms with Crippen molar-refractivity contribution in [1.82, 2.24) is 10.1 Å². The highest BCUT2D eigenvalue weighted by Gasteiger charge is 2.23. The van der Waals surface area contributed by atoms with Gasteiger partial charge in [-0.05, 0) is 55.5 Å². The summed E-state index contributed by atoms with van der Waals surface area (Å²) in [5.74, 6) is 1.34. The molecule has 0 unspecified atom stereocenters. The summed E-state index contributed by atoms with van der Waals surface area (Å²) in [4.78, 5) is 19.7. The van der Waals surface area contributed by atoms with Gasteiger partial charge in [-0.25, -0.2) is 0 Å². The molecule has 144 valence electrons. The minimum atomic E-state index is 0.0957. The molecule has 4 rings (SSSR count). The monoisotopic (exact) mass is 397 g/mol. The number of nitrogens with one attached hydrogen (secondary N) is 1.